The molecule has 0 aromatic carbocycles. The van der Waals surface area contributed by atoms with Crippen molar-refractivity contribution in [3.63, 3.8) is 0 Å². The molecule has 0 heterocycles. The third-order valence-electron chi connectivity index (χ3n) is 14.4. The van der Waals surface area contributed by atoms with Gasteiger partial charge in [-0.25, -0.2) is 0 Å². The lowest BCUT2D eigenvalue weighted by Gasteiger charge is -2.29. The van der Waals surface area contributed by atoms with Crippen molar-refractivity contribution in [1.82, 2.24) is 5.32 Å². The molecule has 0 radical (unpaired) electrons. The average Bonchev–Trinajstić information content (AvgIpc) is 3.33. The van der Waals surface area contributed by atoms with Gasteiger partial charge in [0, 0.05) is 6.42 Å². The molecule has 0 bridgehead atoms. The van der Waals surface area contributed by atoms with Gasteiger partial charge in [-0.2, -0.15) is 0 Å². The van der Waals surface area contributed by atoms with Crippen LogP contribution in [0.2, 0.25) is 0 Å². The van der Waals surface area contributed by atoms with Gasteiger partial charge in [-0.1, -0.05) is 301 Å². The summed E-state index contributed by atoms with van der Waals surface area (Å²) < 4.78 is 23.4. The fraction of sp³-hybridized carbons (Fsp3) is 0.919. The number of aliphatic hydroxyl groups is 1. The second kappa shape index (κ2) is 53.8. The first-order valence-corrected chi connectivity index (χ1v) is 32.7. The number of phosphoric acid groups is 1. The van der Waals surface area contributed by atoms with Crippen LogP contribution < -0.4 is 10.2 Å². The van der Waals surface area contributed by atoms with E-state index < -0.39 is 20.0 Å². The second-order valence-electron chi connectivity index (χ2n) is 22.8. The summed E-state index contributed by atoms with van der Waals surface area (Å²) in [5.41, 5.74) is 0. The number of quaternary nitrogens is 1. The van der Waals surface area contributed by atoms with E-state index in [9.17, 15) is 19.4 Å². The molecule has 3 unspecified atom stereocenters. The lowest BCUT2D eigenvalue weighted by molar-refractivity contribution is -0.870. The average molecular weight is 1020 g/mol. The van der Waals surface area contributed by atoms with Gasteiger partial charge in [-0.3, -0.25) is 9.36 Å². The number of carbonyl (C=O) groups is 1. The van der Waals surface area contributed by atoms with Crippen molar-refractivity contribution in [3.8, 4) is 0 Å². The van der Waals surface area contributed by atoms with Crippen LogP contribution in [0.4, 0.5) is 0 Å². The van der Waals surface area contributed by atoms with Crippen molar-refractivity contribution in [2.75, 3.05) is 40.9 Å². The number of allylic oxidation sites excluding steroid dienone is 3. The van der Waals surface area contributed by atoms with Crippen LogP contribution in [0.1, 0.15) is 316 Å². The Morgan fingerprint density at radius 1 is 0.479 bits per heavy atom. The van der Waals surface area contributed by atoms with Crippen molar-refractivity contribution in [3.05, 3.63) is 24.3 Å². The number of likely N-dealkylation sites (N-methyl/N-ethyl adjacent to an activating group) is 1. The molecule has 0 aliphatic heterocycles. The van der Waals surface area contributed by atoms with E-state index in [4.69, 9.17) is 9.05 Å². The van der Waals surface area contributed by atoms with Crippen LogP contribution in [-0.4, -0.2) is 68.5 Å². The molecule has 71 heavy (non-hydrogen) atoms. The Kier molecular flexibility index (Phi) is 53.0. The number of nitrogens with one attached hydrogen (secondary N) is 1. The van der Waals surface area contributed by atoms with Gasteiger partial charge in [0.15, 0.2) is 0 Å². The summed E-state index contributed by atoms with van der Waals surface area (Å²) in [5, 5.41) is 13.9. The molecule has 0 aliphatic carbocycles. The quantitative estimate of drug-likeness (QED) is 0.0272. The monoisotopic (exact) mass is 1020 g/mol. The molecule has 0 aromatic heterocycles. The van der Waals surface area contributed by atoms with Gasteiger partial charge in [0.1, 0.15) is 13.2 Å². The molecule has 0 aliphatic rings. The molecule has 1 amide bonds. The maximum atomic E-state index is 13.0. The molecule has 0 spiro atoms. The summed E-state index contributed by atoms with van der Waals surface area (Å²) in [5.74, 6) is -0.200. The van der Waals surface area contributed by atoms with E-state index in [1.54, 1.807) is 6.08 Å². The fourth-order valence-corrected chi connectivity index (χ4v) is 10.2. The molecule has 2 N–H and O–H groups in total. The Morgan fingerprint density at radius 3 is 1.14 bits per heavy atom. The fourth-order valence-electron chi connectivity index (χ4n) is 9.53. The van der Waals surface area contributed by atoms with Gasteiger partial charge in [-0.15, -0.1) is 0 Å². The molecular weight excluding hydrogens is 900 g/mol. The Morgan fingerprint density at radius 2 is 0.789 bits per heavy atom. The van der Waals surface area contributed by atoms with Gasteiger partial charge in [0.25, 0.3) is 7.82 Å². The molecule has 0 aromatic rings. The first-order chi connectivity index (χ1) is 34.5. The maximum absolute atomic E-state index is 13.0. The number of rotatable bonds is 58. The Hall–Kier alpha value is -1.02. The van der Waals surface area contributed by atoms with E-state index >= 15 is 0 Å². The Bertz CT molecular complexity index is 1210. The molecular formula is C62H123N2O6P. The Balaban J connectivity index is 4.17. The van der Waals surface area contributed by atoms with Crippen LogP contribution >= 0.6 is 7.82 Å². The van der Waals surface area contributed by atoms with Crippen molar-refractivity contribution in [1.29, 1.82) is 0 Å². The highest BCUT2D eigenvalue weighted by atomic mass is 31.2. The maximum Gasteiger partial charge on any atom is 0.268 e. The summed E-state index contributed by atoms with van der Waals surface area (Å²) >= 11 is 0. The molecule has 0 saturated carbocycles. The van der Waals surface area contributed by atoms with Gasteiger partial charge >= 0.3 is 0 Å². The van der Waals surface area contributed by atoms with Gasteiger partial charge < -0.3 is 28.8 Å². The number of amides is 1. The van der Waals surface area contributed by atoms with Crippen molar-refractivity contribution in [2.24, 2.45) is 0 Å². The van der Waals surface area contributed by atoms with E-state index in [0.29, 0.717) is 17.4 Å². The van der Waals surface area contributed by atoms with Crippen molar-refractivity contribution in [2.45, 2.75) is 328 Å². The molecule has 0 rings (SSSR count). The lowest BCUT2D eigenvalue weighted by Crippen LogP contribution is -2.45. The van der Waals surface area contributed by atoms with Crippen molar-refractivity contribution < 1.29 is 32.9 Å². The Labute approximate surface area is 443 Å². The molecule has 0 saturated heterocycles. The number of aliphatic hydroxyl groups excluding tert-OH is 1. The zero-order valence-electron chi connectivity index (χ0n) is 48.2. The van der Waals surface area contributed by atoms with Gasteiger partial charge in [-0.05, 0) is 32.1 Å². The number of nitrogens with zero attached hydrogens (tertiary/aromatic N) is 1. The third kappa shape index (κ3) is 56.5. The van der Waals surface area contributed by atoms with E-state index in [1.807, 2.05) is 27.2 Å². The largest absolute Gasteiger partial charge is 0.756 e. The molecule has 3 atom stereocenters. The SMILES string of the molecule is CCCCCCCCCCCCCCCCCCCCCCC/C=C/CC/C=C/C(O)C(COP(=O)([O-])OCC[N+](C)(C)C)NC(=O)CCCCCCCCCCCCCCCCCCCCCCCC. The van der Waals surface area contributed by atoms with Crippen LogP contribution in [0.3, 0.4) is 0 Å². The third-order valence-corrected chi connectivity index (χ3v) is 15.4. The summed E-state index contributed by atoms with van der Waals surface area (Å²) in [4.78, 5) is 25.5. The highest BCUT2D eigenvalue weighted by Gasteiger charge is 2.23. The second-order valence-corrected chi connectivity index (χ2v) is 24.2. The number of carbonyl (C=O) groups excluding carboxylic acids is 1. The van der Waals surface area contributed by atoms with E-state index in [0.717, 1.165) is 38.5 Å². The highest BCUT2D eigenvalue weighted by Crippen LogP contribution is 2.38. The van der Waals surface area contributed by atoms with Crippen LogP contribution in [0, 0.1) is 0 Å². The summed E-state index contributed by atoms with van der Waals surface area (Å²) in [7, 11) is 1.26. The van der Waals surface area contributed by atoms with Crippen LogP contribution in [0.25, 0.3) is 0 Å². The van der Waals surface area contributed by atoms with Crippen LogP contribution in [-0.2, 0) is 18.4 Å². The van der Waals surface area contributed by atoms with Crippen LogP contribution in [0.15, 0.2) is 24.3 Å². The predicted octanol–water partition coefficient (Wildman–Crippen LogP) is 18.5. The summed E-state index contributed by atoms with van der Waals surface area (Å²) in [6.07, 6.45) is 68.5. The predicted molar refractivity (Wildman–Crippen MR) is 307 cm³/mol. The van der Waals surface area contributed by atoms with Gasteiger partial charge in [0.2, 0.25) is 5.91 Å². The lowest BCUT2D eigenvalue weighted by atomic mass is 10.0. The number of hydrogen-bond acceptors (Lipinski definition) is 6. The van der Waals surface area contributed by atoms with E-state index in [2.05, 4.69) is 31.3 Å². The van der Waals surface area contributed by atoms with Crippen molar-refractivity contribution >= 4 is 13.7 Å². The van der Waals surface area contributed by atoms with Gasteiger partial charge in [0.05, 0.1) is 39.9 Å². The summed E-state index contributed by atoms with van der Waals surface area (Å²) in [6, 6.07) is -0.901. The van der Waals surface area contributed by atoms with Crippen LogP contribution in [0.5, 0.6) is 0 Å². The summed E-state index contributed by atoms with van der Waals surface area (Å²) in [6.45, 7) is 4.68. The highest BCUT2D eigenvalue weighted by molar-refractivity contribution is 7.45. The minimum absolute atomic E-state index is 0.00357. The topological polar surface area (TPSA) is 108 Å². The number of phosphoric ester groups is 1. The standard InChI is InChI=1S/C62H123N2O6P/c1-6-8-10-12-14-16-18-20-22-24-26-28-30-31-32-33-34-35-37-39-41-43-45-47-49-51-53-55-61(65)60(59-70-71(67,68)69-58-57-64(3,4)5)63-62(66)56-54-52-50-48-46-44-42-40-38-36-29-27-25-23-21-19-17-15-13-11-9-7-2/h45,47,53,55,60-61,65H,6-44,46,48-52,54,56-59H2,1-5H3,(H-,63,66,67,68)/b47-45+,55-53+. The minimum Gasteiger partial charge on any atom is -0.756 e. The molecule has 9 heteroatoms. The normalized spacial score (nSPS) is 14.0. The number of hydrogen-bond donors (Lipinski definition) is 2. The zero-order valence-corrected chi connectivity index (χ0v) is 49.1. The molecule has 8 nitrogen and oxygen atoms in total. The first-order valence-electron chi connectivity index (χ1n) is 31.2. The molecule has 0 fully saturated rings. The van der Waals surface area contributed by atoms with E-state index in [1.165, 1.54) is 257 Å². The smallest absolute Gasteiger partial charge is 0.268 e. The minimum atomic E-state index is -4.60. The number of unbranched alkanes of at least 4 members (excludes halogenated alkanes) is 43. The van der Waals surface area contributed by atoms with E-state index in [-0.39, 0.29) is 19.1 Å². The molecule has 422 valence electrons. The first kappa shape index (κ1) is 70.0. The zero-order chi connectivity index (χ0) is 52.0.